The van der Waals surface area contributed by atoms with Crippen molar-refractivity contribution in [2.75, 3.05) is 0 Å². The zero-order chi connectivity index (χ0) is 13.8. The molecule has 1 amide bonds. The molecular formula is C14H20ClNO3. The average Bonchev–Trinajstić information content (AvgIpc) is 2.39. The van der Waals surface area contributed by atoms with Crippen LogP contribution in [0.5, 0.6) is 0 Å². The second-order valence-electron chi connectivity index (χ2n) is 5.49. The topological polar surface area (TPSA) is 66.4 Å². The summed E-state index contributed by atoms with van der Waals surface area (Å²) >= 11 is 5.96. The number of carbonyl (C=O) groups excluding carboxylic acids is 1. The Morgan fingerprint density at radius 2 is 1.89 bits per heavy atom. The molecule has 0 radical (unpaired) electrons. The molecule has 19 heavy (non-hydrogen) atoms. The van der Waals surface area contributed by atoms with Gasteiger partial charge in [0.15, 0.2) is 0 Å². The maximum absolute atomic E-state index is 12.3. The maximum Gasteiger partial charge on any atom is 0.307 e. The van der Waals surface area contributed by atoms with Crippen LogP contribution in [-0.2, 0) is 9.59 Å². The molecule has 0 unspecified atom stereocenters. The fourth-order valence-electron chi connectivity index (χ4n) is 2.96. The van der Waals surface area contributed by atoms with Crippen molar-refractivity contribution >= 4 is 23.5 Å². The van der Waals surface area contributed by atoms with Gasteiger partial charge in [-0.05, 0) is 25.7 Å². The van der Waals surface area contributed by atoms with Gasteiger partial charge in [-0.25, -0.2) is 0 Å². The van der Waals surface area contributed by atoms with Gasteiger partial charge in [-0.1, -0.05) is 36.9 Å². The lowest BCUT2D eigenvalue weighted by Crippen LogP contribution is -2.44. The van der Waals surface area contributed by atoms with Gasteiger partial charge in [0.25, 0.3) is 0 Å². The minimum Gasteiger partial charge on any atom is -0.481 e. The SMILES string of the molecule is O=C(O)[C@H]1CC=C(Cl)C[C@H]1C(=O)NC1CCCCC1. The predicted octanol–water partition coefficient (Wildman–Crippen LogP) is 2.67. The number of allylic oxidation sites excluding steroid dienone is 2. The average molecular weight is 286 g/mol. The Labute approximate surface area is 118 Å². The molecule has 0 aromatic rings. The van der Waals surface area contributed by atoms with Crippen LogP contribution in [0.3, 0.4) is 0 Å². The molecule has 0 bridgehead atoms. The Hall–Kier alpha value is -1.03. The number of carbonyl (C=O) groups is 2. The number of carboxylic acid groups (broad SMARTS) is 1. The number of aliphatic carboxylic acids is 1. The fraction of sp³-hybridized carbons (Fsp3) is 0.714. The van der Waals surface area contributed by atoms with Crippen LogP contribution >= 0.6 is 11.6 Å². The normalized spacial score (nSPS) is 28.6. The minimum atomic E-state index is -0.913. The quantitative estimate of drug-likeness (QED) is 0.838. The van der Waals surface area contributed by atoms with Crippen LogP contribution < -0.4 is 5.32 Å². The van der Waals surface area contributed by atoms with Gasteiger partial charge in [0.2, 0.25) is 5.91 Å². The molecule has 4 nitrogen and oxygen atoms in total. The number of nitrogens with one attached hydrogen (secondary N) is 1. The molecule has 2 aliphatic carbocycles. The molecule has 0 aromatic carbocycles. The van der Waals surface area contributed by atoms with Gasteiger partial charge < -0.3 is 10.4 Å². The van der Waals surface area contributed by atoms with Crippen molar-refractivity contribution in [3.63, 3.8) is 0 Å². The van der Waals surface area contributed by atoms with E-state index in [-0.39, 0.29) is 11.9 Å². The Kier molecular flexibility index (Phi) is 4.86. The maximum atomic E-state index is 12.3. The van der Waals surface area contributed by atoms with Crippen LogP contribution in [0.2, 0.25) is 0 Å². The first kappa shape index (κ1) is 14.4. The lowest BCUT2D eigenvalue weighted by molar-refractivity contribution is -0.147. The highest BCUT2D eigenvalue weighted by atomic mass is 35.5. The van der Waals surface area contributed by atoms with Crippen LogP contribution in [-0.4, -0.2) is 23.0 Å². The van der Waals surface area contributed by atoms with Gasteiger partial charge in [-0.2, -0.15) is 0 Å². The van der Waals surface area contributed by atoms with Gasteiger partial charge in [0.05, 0.1) is 11.8 Å². The van der Waals surface area contributed by atoms with Crippen molar-refractivity contribution in [3.05, 3.63) is 11.1 Å². The second-order valence-corrected chi connectivity index (χ2v) is 5.97. The molecule has 5 heteroatoms. The lowest BCUT2D eigenvalue weighted by Gasteiger charge is -2.29. The summed E-state index contributed by atoms with van der Waals surface area (Å²) in [6.45, 7) is 0. The van der Waals surface area contributed by atoms with Gasteiger partial charge >= 0.3 is 5.97 Å². The third-order valence-electron chi connectivity index (χ3n) is 4.10. The summed E-state index contributed by atoms with van der Waals surface area (Å²) in [4.78, 5) is 23.5. The molecule has 0 spiro atoms. The molecule has 0 heterocycles. The summed E-state index contributed by atoms with van der Waals surface area (Å²) in [7, 11) is 0. The van der Waals surface area contributed by atoms with Crippen molar-refractivity contribution in [1.82, 2.24) is 5.32 Å². The molecule has 0 saturated heterocycles. The Bertz CT molecular complexity index is 388. The smallest absolute Gasteiger partial charge is 0.307 e. The minimum absolute atomic E-state index is 0.148. The molecule has 2 rings (SSSR count). The Morgan fingerprint density at radius 3 is 2.53 bits per heavy atom. The summed E-state index contributed by atoms with van der Waals surface area (Å²) in [5.74, 6) is -2.24. The molecular weight excluding hydrogens is 266 g/mol. The summed E-state index contributed by atoms with van der Waals surface area (Å²) in [6.07, 6.45) is 7.90. The number of hydrogen-bond acceptors (Lipinski definition) is 2. The van der Waals surface area contributed by atoms with Crippen molar-refractivity contribution in [1.29, 1.82) is 0 Å². The fourth-order valence-corrected chi connectivity index (χ4v) is 3.21. The predicted molar refractivity (Wildman–Crippen MR) is 72.8 cm³/mol. The lowest BCUT2D eigenvalue weighted by atomic mass is 9.82. The molecule has 106 valence electrons. The zero-order valence-electron chi connectivity index (χ0n) is 10.9. The first-order chi connectivity index (χ1) is 9.08. The van der Waals surface area contributed by atoms with Crippen LogP contribution in [0.25, 0.3) is 0 Å². The van der Waals surface area contributed by atoms with E-state index >= 15 is 0 Å². The standard InChI is InChI=1S/C14H20ClNO3/c15-9-6-7-11(14(18)19)12(8-9)13(17)16-10-4-2-1-3-5-10/h6,10-12H,1-5,7-8H2,(H,16,17)(H,18,19)/t11-,12+/m0/s1. The molecule has 2 atom stereocenters. The first-order valence-electron chi connectivity index (χ1n) is 6.95. The highest BCUT2D eigenvalue weighted by molar-refractivity contribution is 6.29. The zero-order valence-corrected chi connectivity index (χ0v) is 11.7. The highest BCUT2D eigenvalue weighted by Crippen LogP contribution is 2.32. The number of amides is 1. The summed E-state index contributed by atoms with van der Waals surface area (Å²) in [5.41, 5.74) is 0. The van der Waals surface area contributed by atoms with Crippen molar-refractivity contribution < 1.29 is 14.7 Å². The number of rotatable bonds is 3. The molecule has 1 fully saturated rings. The van der Waals surface area contributed by atoms with Crippen molar-refractivity contribution in [2.45, 2.75) is 51.0 Å². The molecule has 0 aromatic heterocycles. The van der Waals surface area contributed by atoms with Gasteiger partial charge in [0, 0.05) is 11.1 Å². The Morgan fingerprint density at radius 1 is 1.21 bits per heavy atom. The molecule has 2 aliphatic rings. The molecule has 1 saturated carbocycles. The monoisotopic (exact) mass is 285 g/mol. The second kappa shape index (κ2) is 6.42. The third-order valence-corrected chi connectivity index (χ3v) is 4.41. The number of hydrogen-bond donors (Lipinski definition) is 2. The summed E-state index contributed by atoms with van der Waals surface area (Å²) < 4.78 is 0. The van der Waals surface area contributed by atoms with E-state index in [4.69, 9.17) is 11.6 Å². The number of halogens is 1. The van der Waals surface area contributed by atoms with Crippen LogP contribution in [0.15, 0.2) is 11.1 Å². The Balaban J connectivity index is 1.98. The largest absolute Gasteiger partial charge is 0.481 e. The van der Waals surface area contributed by atoms with E-state index in [1.807, 2.05) is 0 Å². The first-order valence-corrected chi connectivity index (χ1v) is 7.33. The van der Waals surface area contributed by atoms with Crippen LogP contribution in [0, 0.1) is 11.8 Å². The van der Waals surface area contributed by atoms with E-state index in [1.165, 1.54) is 6.42 Å². The number of carboxylic acids is 1. The van der Waals surface area contributed by atoms with Gasteiger partial charge in [-0.15, -0.1) is 0 Å². The van der Waals surface area contributed by atoms with E-state index < -0.39 is 17.8 Å². The van der Waals surface area contributed by atoms with E-state index in [0.717, 1.165) is 25.7 Å². The summed E-state index contributed by atoms with van der Waals surface area (Å²) in [5, 5.41) is 12.8. The van der Waals surface area contributed by atoms with E-state index in [0.29, 0.717) is 17.9 Å². The van der Waals surface area contributed by atoms with Crippen molar-refractivity contribution in [3.8, 4) is 0 Å². The van der Waals surface area contributed by atoms with E-state index in [1.54, 1.807) is 6.08 Å². The molecule has 0 aliphatic heterocycles. The third kappa shape index (κ3) is 3.72. The summed E-state index contributed by atoms with van der Waals surface area (Å²) in [6, 6.07) is 0.209. The van der Waals surface area contributed by atoms with Crippen molar-refractivity contribution in [2.24, 2.45) is 11.8 Å². The van der Waals surface area contributed by atoms with Crippen LogP contribution in [0.1, 0.15) is 44.9 Å². The van der Waals surface area contributed by atoms with Crippen LogP contribution in [0.4, 0.5) is 0 Å². The van der Waals surface area contributed by atoms with E-state index in [2.05, 4.69) is 5.32 Å². The van der Waals surface area contributed by atoms with E-state index in [9.17, 15) is 14.7 Å². The highest BCUT2D eigenvalue weighted by Gasteiger charge is 2.36. The van der Waals surface area contributed by atoms with Gasteiger partial charge in [-0.3, -0.25) is 9.59 Å². The molecule has 2 N–H and O–H groups in total. The van der Waals surface area contributed by atoms with Gasteiger partial charge in [0.1, 0.15) is 0 Å².